The van der Waals surface area contributed by atoms with Crippen molar-refractivity contribution in [1.29, 1.82) is 0 Å². The Morgan fingerprint density at radius 3 is 2.59 bits per heavy atom. The molecule has 5 nitrogen and oxygen atoms in total. The summed E-state index contributed by atoms with van der Waals surface area (Å²) in [6, 6.07) is 15.3. The maximum Gasteiger partial charge on any atom is 0.182 e. The smallest absolute Gasteiger partial charge is 0.182 e. The Hall–Kier alpha value is -1.99. The van der Waals surface area contributed by atoms with E-state index in [1.54, 1.807) is 23.9 Å². The third kappa shape index (κ3) is 4.65. The van der Waals surface area contributed by atoms with Gasteiger partial charge in [0.25, 0.3) is 0 Å². The Balaban J connectivity index is 0.00000210. The quantitative estimate of drug-likeness (QED) is 0.655. The highest BCUT2D eigenvalue weighted by atomic mass is 79.9. The zero-order valence-electron chi connectivity index (χ0n) is 14.8. The number of hydrogen-bond donors (Lipinski definition) is 0. The van der Waals surface area contributed by atoms with Gasteiger partial charge in [0.2, 0.25) is 0 Å². The number of carbonyl (C=O) groups excluding carboxylic acids is 1. The molecule has 0 spiro atoms. The van der Waals surface area contributed by atoms with E-state index in [1.807, 2.05) is 41.3 Å². The van der Waals surface area contributed by atoms with Crippen molar-refractivity contribution in [2.75, 3.05) is 37.0 Å². The molecule has 0 aliphatic carbocycles. The van der Waals surface area contributed by atoms with Gasteiger partial charge in [-0.3, -0.25) is 9.79 Å². The molecule has 0 radical (unpaired) electrons. The molecule has 0 aromatic heterocycles. The molecule has 0 fully saturated rings. The summed E-state index contributed by atoms with van der Waals surface area (Å²) in [6.07, 6.45) is 1.08. The molecule has 2 aliphatic rings. The number of amidine groups is 1. The minimum Gasteiger partial charge on any atom is -0.486 e. The van der Waals surface area contributed by atoms with Crippen molar-refractivity contribution in [3.8, 4) is 11.5 Å². The van der Waals surface area contributed by atoms with Gasteiger partial charge >= 0.3 is 0 Å². The molecule has 0 atom stereocenters. The van der Waals surface area contributed by atoms with Crippen molar-refractivity contribution in [2.45, 2.75) is 6.42 Å². The second-order valence-corrected chi connectivity index (χ2v) is 7.13. The van der Waals surface area contributed by atoms with Crippen molar-refractivity contribution in [1.82, 2.24) is 0 Å². The average molecular weight is 449 g/mol. The van der Waals surface area contributed by atoms with E-state index in [0.29, 0.717) is 30.3 Å². The molecule has 0 saturated carbocycles. The van der Waals surface area contributed by atoms with Crippen molar-refractivity contribution in [3.05, 3.63) is 54.1 Å². The normalized spacial score (nSPS) is 15.3. The highest BCUT2D eigenvalue weighted by Crippen LogP contribution is 2.31. The van der Waals surface area contributed by atoms with Crippen LogP contribution >= 0.6 is 28.7 Å². The van der Waals surface area contributed by atoms with Crippen molar-refractivity contribution < 1.29 is 14.3 Å². The molecule has 2 heterocycles. The Morgan fingerprint density at radius 2 is 1.85 bits per heavy atom. The van der Waals surface area contributed by atoms with Crippen LogP contribution in [0.4, 0.5) is 5.69 Å². The molecule has 0 N–H and O–H groups in total. The van der Waals surface area contributed by atoms with Gasteiger partial charge in [-0.15, -0.1) is 17.0 Å². The fraction of sp³-hybridized carbons (Fsp3) is 0.300. The summed E-state index contributed by atoms with van der Waals surface area (Å²) in [7, 11) is 0. The Labute approximate surface area is 173 Å². The first-order valence-electron chi connectivity index (χ1n) is 8.74. The van der Waals surface area contributed by atoms with Crippen LogP contribution in [0.15, 0.2) is 53.5 Å². The van der Waals surface area contributed by atoms with Crippen molar-refractivity contribution in [3.63, 3.8) is 0 Å². The second kappa shape index (κ2) is 9.28. The molecular weight excluding hydrogens is 428 g/mol. The summed E-state index contributed by atoms with van der Waals surface area (Å²) in [5, 5.41) is 0.911. The zero-order valence-corrected chi connectivity index (χ0v) is 17.3. The molecule has 142 valence electrons. The van der Waals surface area contributed by atoms with Gasteiger partial charge in [-0.05, 0) is 36.8 Å². The van der Waals surface area contributed by atoms with Crippen molar-refractivity contribution in [2.24, 2.45) is 4.99 Å². The molecule has 7 heteroatoms. The molecule has 0 unspecified atom stereocenters. The first-order chi connectivity index (χ1) is 12.8. The standard InChI is InChI=1S/C20H20N2O3S.BrH/c23-17(15-7-8-18-19(13-15)25-11-10-24-18)14-22(16-5-2-1-3-6-16)20-21-9-4-12-26-20;/h1-3,5-8,13H,4,9-12,14H2;1H. The van der Waals surface area contributed by atoms with Crippen LogP contribution < -0.4 is 14.4 Å². The number of para-hydroxylation sites is 1. The molecule has 0 amide bonds. The third-order valence-corrected chi connectivity index (χ3v) is 5.35. The van der Waals surface area contributed by atoms with Crippen LogP contribution in [0.1, 0.15) is 16.8 Å². The van der Waals surface area contributed by atoms with Crippen molar-refractivity contribution >= 4 is 45.4 Å². The van der Waals surface area contributed by atoms with E-state index in [2.05, 4.69) is 4.99 Å². The summed E-state index contributed by atoms with van der Waals surface area (Å²) in [4.78, 5) is 19.6. The lowest BCUT2D eigenvalue weighted by atomic mass is 10.1. The first-order valence-corrected chi connectivity index (χ1v) is 9.72. The SMILES string of the molecule is Br.O=C(CN(C1=NCCCS1)c1ccccc1)c1ccc2c(c1)OCCO2. The second-order valence-electron chi connectivity index (χ2n) is 6.07. The summed E-state index contributed by atoms with van der Waals surface area (Å²) < 4.78 is 11.1. The Morgan fingerprint density at radius 1 is 1.07 bits per heavy atom. The lowest BCUT2D eigenvalue weighted by molar-refractivity contribution is 0.100. The number of anilines is 1. The molecule has 2 aromatic rings. The van der Waals surface area contributed by atoms with Gasteiger partial charge in [-0.1, -0.05) is 30.0 Å². The van der Waals surface area contributed by atoms with Crippen LogP contribution in [0.25, 0.3) is 0 Å². The minimum absolute atomic E-state index is 0. The van der Waals surface area contributed by atoms with Crippen LogP contribution in [0, 0.1) is 0 Å². The maximum absolute atomic E-state index is 13.0. The van der Waals surface area contributed by atoms with Gasteiger partial charge in [-0.25, -0.2) is 0 Å². The van der Waals surface area contributed by atoms with E-state index in [1.165, 1.54) is 0 Å². The van der Waals surface area contributed by atoms with Crippen LogP contribution in [-0.2, 0) is 0 Å². The third-order valence-electron chi connectivity index (χ3n) is 4.25. The summed E-state index contributed by atoms with van der Waals surface area (Å²) >= 11 is 1.71. The number of fused-ring (bicyclic) bond motifs is 1. The van der Waals surface area contributed by atoms with E-state index in [0.717, 1.165) is 29.6 Å². The van der Waals surface area contributed by atoms with Crippen LogP contribution in [0.5, 0.6) is 11.5 Å². The maximum atomic E-state index is 13.0. The Kier molecular flexibility index (Phi) is 6.79. The van der Waals surface area contributed by atoms with Gasteiger partial charge in [0, 0.05) is 23.5 Å². The number of aliphatic imine (C=N–C) groups is 1. The number of hydrogen-bond acceptors (Lipinski definition) is 6. The fourth-order valence-corrected chi connectivity index (χ4v) is 3.90. The van der Waals surface area contributed by atoms with Gasteiger partial charge in [0.05, 0.1) is 6.54 Å². The number of nitrogens with zero attached hydrogens (tertiary/aromatic N) is 2. The molecule has 27 heavy (non-hydrogen) atoms. The fourth-order valence-electron chi connectivity index (χ4n) is 2.94. The highest BCUT2D eigenvalue weighted by molar-refractivity contribution is 8.93. The summed E-state index contributed by atoms with van der Waals surface area (Å²) in [5.41, 5.74) is 1.60. The number of halogens is 1. The number of ether oxygens (including phenoxy) is 2. The number of carbonyl (C=O) groups is 1. The van der Waals surface area contributed by atoms with Crippen LogP contribution in [0.2, 0.25) is 0 Å². The van der Waals surface area contributed by atoms with Crippen LogP contribution in [0.3, 0.4) is 0 Å². The first kappa shape index (κ1) is 19.8. The molecule has 0 saturated heterocycles. The predicted molar refractivity (Wildman–Crippen MR) is 115 cm³/mol. The summed E-state index contributed by atoms with van der Waals surface area (Å²) in [6.45, 7) is 2.10. The van der Waals surface area contributed by atoms with Crippen LogP contribution in [-0.4, -0.2) is 43.0 Å². The van der Waals surface area contributed by atoms with E-state index in [4.69, 9.17) is 9.47 Å². The van der Waals surface area contributed by atoms with Gasteiger partial charge in [0.1, 0.15) is 13.2 Å². The average Bonchev–Trinajstić information content (AvgIpc) is 2.72. The van der Waals surface area contributed by atoms with E-state index >= 15 is 0 Å². The topological polar surface area (TPSA) is 51.1 Å². The lowest BCUT2D eigenvalue weighted by Gasteiger charge is -2.27. The van der Waals surface area contributed by atoms with E-state index in [9.17, 15) is 4.79 Å². The van der Waals surface area contributed by atoms with Gasteiger partial charge < -0.3 is 14.4 Å². The molecule has 2 aromatic carbocycles. The highest BCUT2D eigenvalue weighted by Gasteiger charge is 2.22. The number of thioether (sulfide) groups is 1. The van der Waals surface area contributed by atoms with Gasteiger partial charge in [-0.2, -0.15) is 0 Å². The predicted octanol–water partition coefficient (Wildman–Crippen LogP) is 4.22. The molecular formula is C20H21BrN2O3S. The largest absolute Gasteiger partial charge is 0.486 e. The monoisotopic (exact) mass is 448 g/mol. The number of ketones is 1. The minimum atomic E-state index is 0. The zero-order chi connectivity index (χ0) is 17.8. The molecule has 2 aliphatic heterocycles. The Bertz CT molecular complexity index is 829. The number of rotatable bonds is 4. The molecule has 4 rings (SSSR count). The number of Topliss-reactive ketones (excluding diaryl/α,β-unsaturated/α-hetero) is 1. The lowest BCUT2D eigenvalue weighted by Crippen LogP contribution is -2.35. The van der Waals surface area contributed by atoms with E-state index in [-0.39, 0.29) is 29.3 Å². The summed E-state index contributed by atoms with van der Waals surface area (Å²) in [5.74, 6) is 2.39. The van der Waals surface area contributed by atoms with E-state index < -0.39 is 0 Å². The molecule has 0 bridgehead atoms. The number of benzene rings is 2. The van der Waals surface area contributed by atoms with Gasteiger partial charge in [0.15, 0.2) is 22.4 Å².